The summed E-state index contributed by atoms with van der Waals surface area (Å²) in [7, 11) is 0. The molecule has 0 atom stereocenters. The highest BCUT2D eigenvalue weighted by molar-refractivity contribution is 5.92. The maximum absolute atomic E-state index is 11.8. The van der Waals surface area contributed by atoms with Crippen molar-refractivity contribution in [2.75, 3.05) is 10.6 Å². The number of aromatic nitrogens is 1. The van der Waals surface area contributed by atoms with Gasteiger partial charge in [0.25, 0.3) is 5.91 Å². The van der Waals surface area contributed by atoms with Crippen LogP contribution in [0.5, 0.6) is 0 Å². The maximum atomic E-state index is 11.8. The minimum absolute atomic E-state index is 0.0734. The van der Waals surface area contributed by atoms with E-state index in [9.17, 15) is 9.59 Å². The third kappa shape index (κ3) is 5.10. The van der Waals surface area contributed by atoms with E-state index in [1.807, 2.05) is 38.1 Å². The molecule has 0 spiro atoms. The van der Waals surface area contributed by atoms with Gasteiger partial charge in [0.05, 0.1) is 11.9 Å². The number of benzene rings is 1. The Kier molecular flexibility index (Phi) is 5.30. The second-order valence-electron chi connectivity index (χ2n) is 5.44. The van der Waals surface area contributed by atoms with Crippen molar-refractivity contribution in [2.24, 2.45) is 0 Å². The normalized spacial score (nSPS) is 10.3. The van der Waals surface area contributed by atoms with Crippen LogP contribution in [-0.4, -0.2) is 22.8 Å². The third-order valence-electron chi connectivity index (χ3n) is 2.91. The van der Waals surface area contributed by atoms with E-state index >= 15 is 0 Å². The maximum Gasteiger partial charge on any atom is 0.270 e. The van der Waals surface area contributed by atoms with Gasteiger partial charge in [-0.25, -0.2) is 4.98 Å². The summed E-state index contributed by atoms with van der Waals surface area (Å²) >= 11 is 0. The average Bonchev–Trinajstić information content (AvgIpc) is 2.49. The minimum Gasteiger partial charge on any atom is -0.354 e. The number of carbonyl (C=O) groups is 2. The number of amides is 2. The van der Waals surface area contributed by atoms with Crippen LogP contribution in [0.2, 0.25) is 0 Å². The van der Waals surface area contributed by atoms with Crippen LogP contribution in [0.25, 0.3) is 0 Å². The molecule has 0 radical (unpaired) electrons. The Balaban J connectivity index is 2.00. The third-order valence-corrected chi connectivity index (χ3v) is 2.91. The second kappa shape index (κ2) is 7.40. The summed E-state index contributed by atoms with van der Waals surface area (Å²) in [6.45, 7) is 5.27. The number of hydrogen-bond acceptors (Lipinski definition) is 4. The molecule has 3 N–H and O–H groups in total. The smallest absolute Gasteiger partial charge is 0.270 e. The predicted octanol–water partition coefficient (Wildman–Crippen LogP) is 2.92. The zero-order valence-electron chi connectivity index (χ0n) is 13.4. The first kappa shape index (κ1) is 16.5. The van der Waals surface area contributed by atoms with Gasteiger partial charge in [0.1, 0.15) is 5.69 Å². The number of nitrogens with one attached hydrogen (secondary N) is 3. The van der Waals surface area contributed by atoms with Crippen molar-refractivity contribution in [1.29, 1.82) is 0 Å². The molecule has 0 aliphatic heterocycles. The molecule has 0 saturated heterocycles. The summed E-state index contributed by atoms with van der Waals surface area (Å²) < 4.78 is 0. The van der Waals surface area contributed by atoms with E-state index in [1.165, 1.54) is 6.92 Å². The van der Waals surface area contributed by atoms with Crippen molar-refractivity contribution in [3.05, 3.63) is 48.3 Å². The quantitative estimate of drug-likeness (QED) is 0.792. The van der Waals surface area contributed by atoms with Gasteiger partial charge in [-0.15, -0.1) is 0 Å². The van der Waals surface area contributed by atoms with Crippen LogP contribution in [0.15, 0.2) is 42.6 Å². The van der Waals surface area contributed by atoms with Crippen molar-refractivity contribution in [3.63, 3.8) is 0 Å². The lowest BCUT2D eigenvalue weighted by atomic mass is 10.2. The van der Waals surface area contributed by atoms with Crippen LogP contribution in [-0.2, 0) is 4.79 Å². The van der Waals surface area contributed by atoms with E-state index in [0.29, 0.717) is 5.69 Å². The van der Waals surface area contributed by atoms with Crippen molar-refractivity contribution < 1.29 is 9.59 Å². The van der Waals surface area contributed by atoms with E-state index in [1.54, 1.807) is 18.3 Å². The standard InChI is InChI=1S/C17H20N4O2/c1-11(2)19-17(23)16-9-8-15(10-18-16)21-14-6-4-13(5-7-14)20-12(3)22/h4-11,21H,1-3H3,(H,19,23)(H,20,22). The number of hydrogen-bond donors (Lipinski definition) is 3. The first-order valence-electron chi connectivity index (χ1n) is 7.35. The summed E-state index contributed by atoms with van der Waals surface area (Å²) in [6, 6.07) is 10.9. The molecular formula is C17H20N4O2. The highest BCUT2D eigenvalue weighted by Crippen LogP contribution is 2.18. The lowest BCUT2D eigenvalue weighted by Gasteiger charge is -2.10. The van der Waals surface area contributed by atoms with Crippen molar-refractivity contribution in [1.82, 2.24) is 10.3 Å². The lowest BCUT2D eigenvalue weighted by molar-refractivity contribution is -0.114. The molecule has 0 unspecified atom stereocenters. The number of nitrogens with zero attached hydrogens (tertiary/aromatic N) is 1. The summed E-state index contributed by atoms with van der Waals surface area (Å²) in [6.07, 6.45) is 1.61. The zero-order valence-corrected chi connectivity index (χ0v) is 13.4. The van der Waals surface area contributed by atoms with Crippen molar-refractivity contribution in [2.45, 2.75) is 26.8 Å². The summed E-state index contributed by atoms with van der Waals surface area (Å²) in [5, 5.41) is 8.69. The topological polar surface area (TPSA) is 83.1 Å². The monoisotopic (exact) mass is 312 g/mol. The molecule has 23 heavy (non-hydrogen) atoms. The molecule has 0 fully saturated rings. The molecule has 6 nitrogen and oxygen atoms in total. The average molecular weight is 312 g/mol. The van der Waals surface area contributed by atoms with Crippen LogP contribution >= 0.6 is 0 Å². The molecule has 1 aromatic heterocycles. The number of anilines is 3. The molecule has 0 bridgehead atoms. The molecule has 6 heteroatoms. The van der Waals surface area contributed by atoms with Gasteiger partial charge in [0, 0.05) is 24.3 Å². The van der Waals surface area contributed by atoms with E-state index in [0.717, 1.165) is 17.1 Å². The van der Waals surface area contributed by atoms with Crippen LogP contribution in [0.3, 0.4) is 0 Å². The van der Waals surface area contributed by atoms with Gasteiger partial charge in [-0.1, -0.05) is 0 Å². The fraction of sp³-hybridized carbons (Fsp3) is 0.235. The Hall–Kier alpha value is -2.89. The molecule has 2 aromatic rings. The highest BCUT2D eigenvalue weighted by Gasteiger charge is 2.08. The van der Waals surface area contributed by atoms with Crippen LogP contribution in [0, 0.1) is 0 Å². The molecule has 2 rings (SSSR count). The largest absolute Gasteiger partial charge is 0.354 e. The summed E-state index contributed by atoms with van der Waals surface area (Å²) in [4.78, 5) is 27.0. The van der Waals surface area contributed by atoms with E-state index in [2.05, 4.69) is 20.9 Å². The van der Waals surface area contributed by atoms with Gasteiger partial charge in [0.2, 0.25) is 5.91 Å². The molecule has 2 amide bonds. The number of rotatable bonds is 5. The van der Waals surface area contributed by atoms with Gasteiger partial charge in [-0.2, -0.15) is 0 Å². The molecule has 0 aliphatic rings. The fourth-order valence-electron chi connectivity index (χ4n) is 1.95. The Morgan fingerprint density at radius 2 is 1.57 bits per heavy atom. The Labute approximate surface area is 135 Å². The van der Waals surface area contributed by atoms with E-state index in [-0.39, 0.29) is 17.9 Å². The Bertz CT molecular complexity index is 679. The second-order valence-corrected chi connectivity index (χ2v) is 5.44. The van der Waals surface area contributed by atoms with Gasteiger partial charge < -0.3 is 16.0 Å². The zero-order chi connectivity index (χ0) is 16.8. The lowest BCUT2D eigenvalue weighted by Crippen LogP contribution is -2.30. The SMILES string of the molecule is CC(=O)Nc1ccc(Nc2ccc(C(=O)NC(C)C)nc2)cc1. The molecular weight excluding hydrogens is 292 g/mol. The van der Waals surface area contributed by atoms with Crippen molar-refractivity contribution in [3.8, 4) is 0 Å². The molecule has 0 aliphatic carbocycles. The van der Waals surface area contributed by atoms with E-state index in [4.69, 9.17) is 0 Å². The van der Waals surface area contributed by atoms with Gasteiger partial charge >= 0.3 is 0 Å². The Morgan fingerprint density at radius 3 is 2.09 bits per heavy atom. The number of carbonyl (C=O) groups excluding carboxylic acids is 2. The van der Waals surface area contributed by atoms with Crippen LogP contribution < -0.4 is 16.0 Å². The van der Waals surface area contributed by atoms with Gasteiger partial charge in [0.15, 0.2) is 0 Å². The van der Waals surface area contributed by atoms with E-state index < -0.39 is 0 Å². The van der Waals surface area contributed by atoms with Crippen LogP contribution in [0.4, 0.5) is 17.1 Å². The molecule has 0 saturated carbocycles. The number of pyridine rings is 1. The van der Waals surface area contributed by atoms with Gasteiger partial charge in [-0.3, -0.25) is 9.59 Å². The molecule has 120 valence electrons. The summed E-state index contributed by atoms with van der Waals surface area (Å²) in [5.74, 6) is -0.295. The summed E-state index contributed by atoms with van der Waals surface area (Å²) in [5.41, 5.74) is 2.76. The first-order chi connectivity index (χ1) is 10.9. The fourth-order valence-corrected chi connectivity index (χ4v) is 1.95. The van der Waals surface area contributed by atoms with Crippen molar-refractivity contribution >= 4 is 28.9 Å². The van der Waals surface area contributed by atoms with Gasteiger partial charge in [-0.05, 0) is 50.2 Å². The molecule has 1 aromatic carbocycles. The minimum atomic E-state index is -0.189. The van der Waals surface area contributed by atoms with Crippen LogP contribution in [0.1, 0.15) is 31.3 Å². The predicted molar refractivity (Wildman–Crippen MR) is 90.9 cm³/mol. The Morgan fingerprint density at radius 1 is 0.957 bits per heavy atom. The molecule has 1 heterocycles. The first-order valence-corrected chi connectivity index (χ1v) is 7.35. The highest BCUT2D eigenvalue weighted by atomic mass is 16.2.